The van der Waals surface area contributed by atoms with Crippen molar-refractivity contribution >= 4 is 23.3 Å². The number of hydrogen-bond donors (Lipinski definition) is 1. The van der Waals surface area contributed by atoms with Crippen LogP contribution in [0.3, 0.4) is 0 Å². The summed E-state index contributed by atoms with van der Waals surface area (Å²) in [5, 5.41) is 0.460. The minimum atomic E-state index is -0.325. The van der Waals surface area contributed by atoms with Crippen molar-refractivity contribution in [2.75, 3.05) is 5.73 Å². The molecule has 0 bridgehead atoms. The van der Waals surface area contributed by atoms with Crippen molar-refractivity contribution in [1.82, 2.24) is 0 Å². The second kappa shape index (κ2) is 6.29. The maximum Gasteiger partial charge on any atom is 0.338 e. The molecule has 1 aliphatic rings. The molecular weight excluding hydrogens is 262 g/mol. The molecule has 0 atom stereocenters. The van der Waals surface area contributed by atoms with Crippen LogP contribution >= 0.6 is 11.6 Å². The van der Waals surface area contributed by atoms with Gasteiger partial charge in [-0.15, -0.1) is 0 Å². The smallest absolute Gasteiger partial charge is 0.338 e. The number of rotatable bonds is 3. The van der Waals surface area contributed by atoms with Crippen molar-refractivity contribution in [2.24, 2.45) is 5.92 Å². The predicted octanol–water partition coefficient (Wildman–Crippen LogP) is 4.05. The number of esters is 1. The Kier molecular flexibility index (Phi) is 4.70. The molecule has 1 saturated carbocycles. The fourth-order valence-electron chi connectivity index (χ4n) is 2.61. The highest BCUT2D eigenvalue weighted by molar-refractivity contribution is 6.31. The summed E-state index contributed by atoms with van der Waals surface area (Å²) >= 11 is 5.89. The van der Waals surface area contributed by atoms with Crippen molar-refractivity contribution in [2.45, 2.75) is 45.1 Å². The third kappa shape index (κ3) is 3.87. The number of ether oxygens (including phenoxy) is 1. The molecule has 0 saturated heterocycles. The van der Waals surface area contributed by atoms with Crippen LogP contribution in [0.4, 0.5) is 5.69 Å². The Morgan fingerprint density at radius 3 is 2.58 bits per heavy atom. The van der Waals surface area contributed by atoms with Crippen molar-refractivity contribution in [1.29, 1.82) is 0 Å². The maximum atomic E-state index is 12.0. The van der Waals surface area contributed by atoms with Gasteiger partial charge >= 0.3 is 5.97 Å². The standard InChI is InChI=1S/C15H20ClNO2/c1-2-10-3-5-14(6-4-10)19-15(18)11-7-12(16)9-13(17)8-11/h7-10,14H,2-6,17H2,1H3. The van der Waals surface area contributed by atoms with Gasteiger partial charge in [0, 0.05) is 10.7 Å². The van der Waals surface area contributed by atoms with Crippen molar-refractivity contribution < 1.29 is 9.53 Å². The summed E-state index contributed by atoms with van der Waals surface area (Å²) in [6.07, 6.45) is 5.46. The normalized spacial score (nSPS) is 23.1. The first-order valence-corrected chi connectivity index (χ1v) is 7.23. The van der Waals surface area contributed by atoms with E-state index in [9.17, 15) is 4.79 Å². The Morgan fingerprint density at radius 2 is 2.00 bits per heavy atom. The van der Waals surface area contributed by atoms with Gasteiger partial charge in [0.15, 0.2) is 0 Å². The number of halogens is 1. The SMILES string of the molecule is CCC1CCC(OC(=O)c2cc(N)cc(Cl)c2)CC1. The molecule has 0 radical (unpaired) electrons. The van der Waals surface area contributed by atoms with Crippen LogP contribution < -0.4 is 5.73 Å². The summed E-state index contributed by atoms with van der Waals surface area (Å²) in [6, 6.07) is 4.81. The lowest BCUT2D eigenvalue weighted by Gasteiger charge is -2.27. The van der Waals surface area contributed by atoms with Gasteiger partial charge < -0.3 is 10.5 Å². The van der Waals surface area contributed by atoms with Crippen LogP contribution in [0, 0.1) is 5.92 Å². The number of carbonyl (C=O) groups is 1. The topological polar surface area (TPSA) is 52.3 Å². The number of benzene rings is 1. The highest BCUT2D eigenvalue weighted by atomic mass is 35.5. The summed E-state index contributed by atoms with van der Waals surface area (Å²) < 4.78 is 5.53. The molecule has 0 heterocycles. The highest BCUT2D eigenvalue weighted by Crippen LogP contribution is 2.29. The molecule has 1 fully saturated rings. The summed E-state index contributed by atoms with van der Waals surface area (Å²) in [6.45, 7) is 2.21. The van der Waals surface area contributed by atoms with E-state index < -0.39 is 0 Å². The van der Waals surface area contributed by atoms with Gasteiger partial charge in [-0.25, -0.2) is 4.79 Å². The fraction of sp³-hybridized carbons (Fsp3) is 0.533. The molecule has 0 spiro atoms. The van der Waals surface area contributed by atoms with Crippen molar-refractivity contribution in [3.63, 3.8) is 0 Å². The lowest BCUT2D eigenvalue weighted by molar-refractivity contribution is 0.0164. The maximum absolute atomic E-state index is 12.0. The van der Waals surface area contributed by atoms with E-state index in [4.69, 9.17) is 22.1 Å². The molecule has 4 heteroatoms. The summed E-state index contributed by atoms with van der Waals surface area (Å²) in [5.41, 5.74) is 6.59. The number of nitrogens with two attached hydrogens (primary N) is 1. The van der Waals surface area contributed by atoms with Gasteiger partial charge in [-0.2, -0.15) is 0 Å². The van der Waals surface area contributed by atoms with Gasteiger partial charge in [0.2, 0.25) is 0 Å². The molecule has 2 N–H and O–H groups in total. The number of hydrogen-bond acceptors (Lipinski definition) is 3. The number of nitrogen functional groups attached to an aromatic ring is 1. The zero-order valence-corrected chi connectivity index (χ0v) is 12.0. The Morgan fingerprint density at radius 1 is 1.32 bits per heavy atom. The Bertz CT molecular complexity index is 433. The van der Waals surface area contributed by atoms with Crippen LogP contribution in [0.2, 0.25) is 5.02 Å². The van der Waals surface area contributed by atoms with Crippen LogP contribution in [0.5, 0.6) is 0 Å². The zero-order valence-electron chi connectivity index (χ0n) is 11.2. The molecule has 0 amide bonds. The second-order valence-corrected chi connectivity index (χ2v) is 5.67. The van der Waals surface area contributed by atoms with Crippen molar-refractivity contribution in [3.05, 3.63) is 28.8 Å². The Labute approximate surface area is 119 Å². The molecule has 104 valence electrons. The van der Waals surface area contributed by atoms with Gasteiger partial charge in [-0.3, -0.25) is 0 Å². The van der Waals surface area contributed by atoms with E-state index in [1.165, 1.54) is 6.42 Å². The second-order valence-electron chi connectivity index (χ2n) is 5.23. The molecule has 0 aromatic heterocycles. The van der Waals surface area contributed by atoms with Gasteiger partial charge in [0.1, 0.15) is 6.10 Å². The van der Waals surface area contributed by atoms with Crippen LogP contribution in [-0.4, -0.2) is 12.1 Å². The minimum absolute atomic E-state index is 0.0375. The van der Waals surface area contributed by atoms with E-state index in [1.54, 1.807) is 18.2 Å². The summed E-state index contributed by atoms with van der Waals surface area (Å²) in [7, 11) is 0. The Hall–Kier alpha value is -1.22. The molecule has 0 unspecified atom stereocenters. The lowest BCUT2D eigenvalue weighted by Crippen LogP contribution is -2.24. The molecule has 19 heavy (non-hydrogen) atoms. The van der Waals surface area contributed by atoms with Gasteiger partial charge in [0.05, 0.1) is 5.56 Å². The van der Waals surface area contributed by atoms with Gasteiger partial charge in [-0.05, 0) is 49.8 Å². The van der Waals surface area contributed by atoms with Crippen LogP contribution in [0.15, 0.2) is 18.2 Å². The van der Waals surface area contributed by atoms with Crippen LogP contribution in [-0.2, 0) is 4.74 Å². The zero-order chi connectivity index (χ0) is 13.8. The first-order chi connectivity index (χ1) is 9.08. The van der Waals surface area contributed by atoms with E-state index >= 15 is 0 Å². The first kappa shape index (κ1) is 14.2. The van der Waals surface area contributed by atoms with Crippen molar-refractivity contribution in [3.8, 4) is 0 Å². The van der Waals surface area contributed by atoms with Crippen LogP contribution in [0.1, 0.15) is 49.4 Å². The first-order valence-electron chi connectivity index (χ1n) is 6.85. The number of anilines is 1. The van der Waals surface area contributed by atoms with E-state index in [0.29, 0.717) is 16.3 Å². The van der Waals surface area contributed by atoms with Crippen LogP contribution in [0.25, 0.3) is 0 Å². The third-order valence-corrected chi connectivity index (χ3v) is 4.02. The van der Waals surface area contributed by atoms with E-state index in [-0.39, 0.29) is 12.1 Å². The molecule has 1 aromatic rings. The summed E-state index contributed by atoms with van der Waals surface area (Å²) in [5.74, 6) is 0.464. The highest BCUT2D eigenvalue weighted by Gasteiger charge is 2.23. The quantitative estimate of drug-likeness (QED) is 0.672. The third-order valence-electron chi connectivity index (χ3n) is 3.80. The molecule has 0 aliphatic heterocycles. The predicted molar refractivity (Wildman–Crippen MR) is 77.3 cm³/mol. The molecule has 3 nitrogen and oxygen atoms in total. The van der Waals surface area contributed by atoms with Gasteiger partial charge in [-0.1, -0.05) is 24.9 Å². The Balaban J connectivity index is 1.94. The fourth-order valence-corrected chi connectivity index (χ4v) is 2.85. The lowest BCUT2D eigenvalue weighted by atomic mass is 9.86. The molecular formula is C15H20ClNO2. The average molecular weight is 282 g/mol. The molecule has 2 rings (SSSR count). The molecule has 1 aromatic carbocycles. The largest absolute Gasteiger partial charge is 0.459 e. The average Bonchev–Trinajstić information content (AvgIpc) is 2.38. The van der Waals surface area contributed by atoms with Gasteiger partial charge in [0.25, 0.3) is 0 Å². The van der Waals surface area contributed by atoms with E-state index in [0.717, 1.165) is 31.6 Å². The number of carbonyl (C=O) groups excluding carboxylic acids is 1. The minimum Gasteiger partial charge on any atom is -0.459 e. The summed E-state index contributed by atoms with van der Waals surface area (Å²) in [4.78, 5) is 12.0. The van der Waals surface area contributed by atoms with E-state index in [1.807, 2.05) is 0 Å². The molecule has 1 aliphatic carbocycles. The monoisotopic (exact) mass is 281 g/mol. The van der Waals surface area contributed by atoms with E-state index in [2.05, 4.69) is 6.92 Å².